The molecule has 34 heavy (non-hydrogen) atoms. The molecule has 7 nitrogen and oxygen atoms in total. The number of hydrogen-bond acceptors (Lipinski definition) is 5. The number of halogens is 4. The van der Waals surface area contributed by atoms with Gasteiger partial charge in [0, 0.05) is 23.9 Å². The molecule has 0 radical (unpaired) electrons. The number of alkyl halides is 3. The molecule has 5 rings (SSSR count). The third-order valence-corrected chi connectivity index (χ3v) is 5.77. The van der Waals surface area contributed by atoms with Crippen LogP contribution in [0.2, 0.25) is 0 Å². The van der Waals surface area contributed by atoms with Gasteiger partial charge in [-0.05, 0) is 19.1 Å². The van der Waals surface area contributed by atoms with E-state index in [9.17, 15) is 18.0 Å². The summed E-state index contributed by atoms with van der Waals surface area (Å²) >= 11 is 0. The third-order valence-electron chi connectivity index (χ3n) is 5.77. The lowest BCUT2D eigenvalue weighted by Crippen LogP contribution is -2.44. The van der Waals surface area contributed by atoms with Gasteiger partial charge in [0.05, 0.1) is 42.2 Å². The highest BCUT2D eigenvalue weighted by Gasteiger charge is 2.35. The van der Waals surface area contributed by atoms with Crippen molar-refractivity contribution in [3.8, 4) is 11.5 Å². The number of morpholine rings is 1. The minimum Gasteiger partial charge on any atom is -0.377 e. The lowest BCUT2D eigenvalue weighted by atomic mass is 9.99. The molecule has 2 N–H and O–H groups in total. The summed E-state index contributed by atoms with van der Waals surface area (Å²) in [4.78, 5) is 28.9. The number of hydrogen-bond donors (Lipinski definition) is 2. The second kappa shape index (κ2) is 8.24. The lowest BCUT2D eigenvalue weighted by molar-refractivity contribution is -0.137. The van der Waals surface area contributed by atoms with E-state index >= 15 is 4.39 Å². The van der Waals surface area contributed by atoms with E-state index in [4.69, 9.17) is 4.74 Å². The maximum atomic E-state index is 15.3. The van der Waals surface area contributed by atoms with Gasteiger partial charge in [-0.15, -0.1) is 0 Å². The van der Waals surface area contributed by atoms with E-state index in [1.807, 2.05) is 11.8 Å². The van der Waals surface area contributed by atoms with Gasteiger partial charge in [0.2, 0.25) is 0 Å². The number of aromatic nitrogens is 4. The summed E-state index contributed by atoms with van der Waals surface area (Å²) < 4.78 is 60.6. The molecule has 4 heterocycles. The van der Waals surface area contributed by atoms with Gasteiger partial charge >= 0.3 is 6.18 Å². The van der Waals surface area contributed by atoms with Crippen LogP contribution < -0.4 is 4.90 Å². The molecule has 0 aliphatic carbocycles. The molecule has 1 saturated heterocycles. The van der Waals surface area contributed by atoms with Crippen molar-refractivity contribution in [2.24, 2.45) is 0 Å². The zero-order chi connectivity index (χ0) is 24.0. The minimum atomic E-state index is -4.66. The molecule has 0 spiro atoms. The number of ketones is 1. The Bertz CT molecular complexity index is 1380. The first-order valence-corrected chi connectivity index (χ1v) is 10.5. The molecule has 1 fully saturated rings. The highest BCUT2D eigenvalue weighted by atomic mass is 19.4. The van der Waals surface area contributed by atoms with E-state index in [-0.39, 0.29) is 28.8 Å². The number of ether oxygens (including phenoxy) is 1. The molecule has 0 amide bonds. The van der Waals surface area contributed by atoms with Crippen LogP contribution in [0.1, 0.15) is 28.4 Å². The summed E-state index contributed by atoms with van der Waals surface area (Å²) in [5.41, 5.74) is -0.696. The summed E-state index contributed by atoms with van der Waals surface area (Å²) in [6, 6.07) is 5.92. The van der Waals surface area contributed by atoms with Crippen molar-refractivity contribution in [3.63, 3.8) is 0 Å². The number of aromatic amines is 2. The van der Waals surface area contributed by atoms with Crippen LogP contribution in [0.5, 0.6) is 0 Å². The Hall–Kier alpha value is -3.73. The second-order valence-corrected chi connectivity index (χ2v) is 8.04. The monoisotopic (exact) mass is 473 g/mol. The molecular formula is C23H19F4N5O2. The zero-order valence-corrected chi connectivity index (χ0v) is 17.9. The normalized spacial score (nSPS) is 16.9. The lowest BCUT2D eigenvalue weighted by Gasteiger charge is -2.34. The predicted octanol–water partition coefficient (Wildman–Crippen LogP) is 4.57. The molecular weight excluding hydrogens is 454 g/mol. The van der Waals surface area contributed by atoms with Crippen LogP contribution in [0.15, 0.2) is 42.7 Å². The smallest absolute Gasteiger partial charge is 0.377 e. The first kappa shape index (κ1) is 22.1. The molecule has 3 aromatic heterocycles. The van der Waals surface area contributed by atoms with Crippen molar-refractivity contribution >= 4 is 22.6 Å². The van der Waals surface area contributed by atoms with Gasteiger partial charge < -0.3 is 19.6 Å². The van der Waals surface area contributed by atoms with Crippen molar-refractivity contribution in [1.82, 2.24) is 19.9 Å². The summed E-state index contributed by atoms with van der Waals surface area (Å²) in [5, 5.41) is 0. The summed E-state index contributed by atoms with van der Waals surface area (Å²) in [6.45, 7) is 3.33. The Balaban J connectivity index is 1.48. The maximum absolute atomic E-state index is 15.3. The molecule has 4 aromatic rings. The molecule has 1 aliphatic heterocycles. The molecule has 0 unspecified atom stereocenters. The fourth-order valence-electron chi connectivity index (χ4n) is 4.05. The quantitative estimate of drug-likeness (QED) is 0.335. The van der Waals surface area contributed by atoms with Crippen LogP contribution in [0.3, 0.4) is 0 Å². The number of benzene rings is 1. The Morgan fingerprint density at radius 1 is 1.26 bits per heavy atom. The van der Waals surface area contributed by atoms with Crippen LogP contribution in [0, 0.1) is 5.82 Å². The summed E-state index contributed by atoms with van der Waals surface area (Å²) in [7, 11) is 0. The molecule has 0 bridgehead atoms. The van der Waals surface area contributed by atoms with Crippen LogP contribution >= 0.6 is 0 Å². The maximum Gasteiger partial charge on any atom is 0.417 e. The Labute approximate surface area is 190 Å². The van der Waals surface area contributed by atoms with Gasteiger partial charge in [-0.2, -0.15) is 13.2 Å². The zero-order valence-electron chi connectivity index (χ0n) is 17.9. The molecule has 11 heteroatoms. The van der Waals surface area contributed by atoms with Gasteiger partial charge in [0.15, 0.2) is 23.2 Å². The van der Waals surface area contributed by atoms with Crippen molar-refractivity contribution in [2.75, 3.05) is 24.7 Å². The number of imidazole rings is 1. The van der Waals surface area contributed by atoms with Gasteiger partial charge in [0.1, 0.15) is 5.52 Å². The minimum absolute atomic E-state index is 0.0218. The molecule has 1 aliphatic rings. The summed E-state index contributed by atoms with van der Waals surface area (Å²) in [6.07, 6.45) is -1.89. The highest BCUT2D eigenvalue weighted by Crippen LogP contribution is 2.33. The van der Waals surface area contributed by atoms with Gasteiger partial charge in [-0.25, -0.2) is 14.4 Å². The third kappa shape index (κ3) is 3.81. The number of carbonyl (C=O) groups is 1. The molecule has 176 valence electrons. The number of carbonyl (C=O) groups excluding carboxylic acids is 1. The largest absolute Gasteiger partial charge is 0.417 e. The van der Waals surface area contributed by atoms with Crippen molar-refractivity contribution in [1.29, 1.82) is 0 Å². The van der Waals surface area contributed by atoms with Crippen LogP contribution in [0.25, 0.3) is 22.6 Å². The predicted molar refractivity (Wildman–Crippen MR) is 116 cm³/mol. The van der Waals surface area contributed by atoms with Gasteiger partial charge in [-0.1, -0.05) is 18.2 Å². The average molecular weight is 473 g/mol. The van der Waals surface area contributed by atoms with Crippen molar-refractivity contribution in [3.05, 3.63) is 65.2 Å². The number of rotatable bonds is 4. The van der Waals surface area contributed by atoms with Crippen LogP contribution in [-0.2, 0) is 10.9 Å². The van der Waals surface area contributed by atoms with Crippen molar-refractivity contribution < 1.29 is 27.1 Å². The van der Waals surface area contributed by atoms with E-state index in [0.717, 1.165) is 12.1 Å². The fourth-order valence-corrected chi connectivity index (χ4v) is 4.05. The van der Waals surface area contributed by atoms with E-state index in [1.165, 1.54) is 30.6 Å². The Kier molecular flexibility index (Phi) is 5.35. The average Bonchev–Trinajstić information content (AvgIpc) is 3.47. The van der Waals surface area contributed by atoms with E-state index in [2.05, 4.69) is 19.9 Å². The van der Waals surface area contributed by atoms with Crippen LogP contribution in [0.4, 0.5) is 23.4 Å². The van der Waals surface area contributed by atoms with Gasteiger partial charge in [-0.3, -0.25) is 4.79 Å². The number of fused-ring (bicyclic) bond motifs is 1. The first-order valence-electron chi connectivity index (χ1n) is 10.5. The Morgan fingerprint density at radius 2 is 2.06 bits per heavy atom. The number of anilines is 1. The van der Waals surface area contributed by atoms with Crippen molar-refractivity contribution in [2.45, 2.75) is 19.1 Å². The van der Waals surface area contributed by atoms with E-state index in [0.29, 0.717) is 31.0 Å². The number of nitrogens with zero attached hydrogens (tertiary/aromatic N) is 3. The molecule has 1 aromatic carbocycles. The standard InChI is InChI=1S/C23H19F4N5O2/c1-12-11-34-7-6-32(12)22-18(24)19-17(10-29-22)30-21(31-19)16-8-13(9-28-16)20(33)14-4-2-3-5-15(14)23(25,26)27/h2-5,8-10,12,28H,6-7,11H2,1H3,(H,30,31)/t12-/m1/s1. The topological polar surface area (TPSA) is 86.9 Å². The highest BCUT2D eigenvalue weighted by molar-refractivity contribution is 6.10. The molecule has 0 saturated carbocycles. The van der Waals surface area contributed by atoms with E-state index in [1.54, 1.807) is 0 Å². The van der Waals surface area contributed by atoms with Gasteiger partial charge in [0.25, 0.3) is 0 Å². The number of pyridine rings is 1. The molecule has 1 atom stereocenters. The van der Waals surface area contributed by atoms with Crippen LogP contribution in [-0.4, -0.2) is 51.5 Å². The number of nitrogens with one attached hydrogen (secondary N) is 2. The van der Waals surface area contributed by atoms with E-state index < -0.39 is 28.9 Å². The fraction of sp³-hybridized carbons (Fsp3) is 0.261. The SMILES string of the molecule is C[C@@H]1COCCN1c1ncc2[nH]c(-c3cc(C(=O)c4ccccc4C(F)(F)F)c[nH]3)nc2c1F. The summed E-state index contributed by atoms with van der Waals surface area (Å²) in [5.74, 6) is -0.975. The second-order valence-electron chi connectivity index (χ2n) is 8.04. The Morgan fingerprint density at radius 3 is 2.82 bits per heavy atom. The number of H-pyrrole nitrogens is 2. The first-order chi connectivity index (χ1) is 16.2.